The summed E-state index contributed by atoms with van der Waals surface area (Å²) in [7, 11) is 4.47. The Labute approximate surface area is 226 Å². The molecule has 10 nitrogen and oxygen atoms in total. The number of rotatable bonds is 8. The van der Waals surface area contributed by atoms with Crippen molar-refractivity contribution in [3.8, 4) is 11.5 Å². The average molecular weight is 544 g/mol. The molecule has 1 atom stereocenters. The first kappa shape index (κ1) is 27.6. The highest BCUT2D eigenvalue weighted by Crippen LogP contribution is 2.47. The average Bonchev–Trinajstić information content (AvgIpc) is 3.33. The number of likely N-dealkylation sites (tertiary alicyclic amines) is 1. The lowest BCUT2D eigenvalue weighted by Crippen LogP contribution is -2.42. The van der Waals surface area contributed by atoms with E-state index in [2.05, 4.69) is 4.99 Å². The van der Waals surface area contributed by atoms with Crippen LogP contribution in [0.15, 0.2) is 45.6 Å². The minimum atomic E-state index is -0.612. The maximum Gasteiger partial charge on any atom is 0.338 e. The lowest BCUT2D eigenvalue weighted by molar-refractivity contribution is -0.151. The van der Waals surface area contributed by atoms with Crippen molar-refractivity contribution < 1.29 is 33.3 Å². The summed E-state index contributed by atoms with van der Waals surface area (Å²) >= 11 is 1.41. The SMILES string of the molecule is CCOC(=O)C1CCN(C(=O)CC2=CSC3=NC(C)=C(C(=O)OC)[C@H](c4ccc(OC)cc4OC)N23)CC1. The van der Waals surface area contributed by atoms with Gasteiger partial charge in [-0.1, -0.05) is 11.8 Å². The third-order valence-corrected chi connectivity index (χ3v) is 7.83. The number of esters is 2. The Morgan fingerprint density at radius 2 is 1.84 bits per heavy atom. The zero-order chi connectivity index (χ0) is 27.4. The van der Waals surface area contributed by atoms with E-state index in [1.165, 1.54) is 18.9 Å². The van der Waals surface area contributed by atoms with Gasteiger partial charge in [0.2, 0.25) is 5.91 Å². The summed E-state index contributed by atoms with van der Waals surface area (Å²) in [4.78, 5) is 46.8. The third kappa shape index (κ3) is 5.38. The van der Waals surface area contributed by atoms with E-state index in [0.29, 0.717) is 60.5 Å². The molecule has 1 aromatic carbocycles. The Kier molecular flexibility index (Phi) is 8.65. The van der Waals surface area contributed by atoms with Gasteiger partial charge in [0, 0.05) is 30.4 Å². The highest BCUT2D eigenvalue weighted by atomic mass is 32.2. The topological polar surface area (TPSA) is 107 Å². The molecule has 0 aliphatic carbocycles. The number of methoxy groups -OCH3 is 3. The molecule has 4 rings (SSSR count). The van der Waals surface area contributed by atoms with E-state index in [0.717, 1.165) is 11.3 Å². The number of piperidine rings is 1. The zero-order valence-corrected chi connectivity index (χ0v) is 23.1. The minimum absolute atomic E-state index is 0.0493. The van der Waals surface area contributed by atoms with Gasteiger partial charge in [-0.3, -0.25) is 9.59 Å². The largest absolute Gasteiger partial charge is 0.497 e. The number of amides is 1. The van der Waals surface area contributed by atoms with Crippen molar-refractivity contribution in [1.29, 1.82) is 0 Å². The van der Waals surface area contributed by atoms with Crippen molar-refractivity contribution in [1.82, 2.24) is 9.80 Å². The Bertz CT molecular complexity index is 1200. The summed E-state index contributed by atoms with van der Waals surface area (Å²) in [6.45, 7) is 4.90. The van der Waals surface area contributed by atoms with Crippen LogP contribution < -0.4 is 9.47 Å². The summed E-state index contributed by atoms with van der Waals surface area (Å²) in [6.07, 6.45) is 1.28. The molecule has 0 saturated carbocycles. The van der Waals surface area contributed by atoms with E-state index in [-0.39, 0.29) is 24.2 Å². The number of allylic oxidation sites excluding steroid dienone is 1. The van der Waals surface area contributed by atoms with Crippen molar-refractivity contribution in [3.05, 3.63) is 46.1 Å². The lowest BCUT2D eigenvalue weighted by Gasteiger charge is -2.37. The fourth-order valence-corrected chi connectivity index (χ4v) is 5.93. The van der Waals surface area contributed by atoms with Crippen LogP contribution in [0.3, 0.4) is 0 Å². The fourth-order valence-electron chi connectivity index (χ4n) is 4.97. The summed E-state index contributed by atoms with van der Waals surface area (Å²) < 4.78 is 21.3. The second-order valence-corrected chi connectivity index (χ2v) is 9.91. The Hall–Kier alpha value is -3.47. The molecule has 0 aromatic heterocycles. The van der Waals surface area contributed by atoms with Crippen LogP contribution >= 0.6 is 11.8 Å². The zero-order valence-electron chi connectivity index (χ0n) is 22.3. The Morgan fingerprint density at radius 1 is 1.11 bits per heavy atom. The molecule has 38 heavy (non-hydrogen) atoms. The van der Waals surface area contributed by atoms with Gasteiger partial charge >= 0.3 is 11.9 Å². The fraction of sp³-hybridized carbons (Fsp3) is 0.481. The summed E-state index contributed by atoms with van der Waals surface area (Å²) in [6, 6.07) is 4.80. The second-order valence-electron chi connectivity index (χ2n) is 9.08. The van der Waals surface area contributed by atoms with Crippen LogP contribution in [0.2, 0.25) is 0 Å². The van der Waals surface area contributed by atoms with Crippen LogP contribution in [0.4, 0.5) is 0 Å². The molecule has 0 spiro atoms. The van der Waals surface area contributed by atoms with Crippen molar-refractivity contribution in [2.75, 3.05) is 41.0 Å². The molecule has 3 aliphatic rings. The van der Waals surface area contributed by atoms with Gasteiger partial charge in [-0.05, 0) is 44.2 Å². The van der Waals surface area contributed by atoms with E-state index in [1.54, 1.807) is 45.1 Å². The van der Waals surface area contributed by atoms with Gasteiger partial charge in [-0.25, -0.2) is 9.79 Å². The van der Waals surface area contributed by atoms with Crippen LogP contribution in [-0.2, 0) is 23.9 Å². The van der Waals surface area contributed by atoms with E-state index < -0.39 is 12.0 Å². The number of aliphatic imine (C=N–C) groups is 1. The van der Waals surface area contributed by atoms with Gasteiger partial charge in [0.15, 0.2) is 5.17 Å². The molecule has 204 valence electrons. The molecule has 0 unspecified atom stereocenters. The maximum atomic E-state index is 13.4. The molecular weight excluding hydrogens is 510 g/mol. The smallest absolute Gasteiger partial charge is 0.338 e. The highest BCUT2D eigenvalue weighted by molar-refractivity contribution is 8.16. The summed E-state index contributed by atoms with van der Waals surface area (Å²) in [5.74, 6) is 0.224. The van der Waals surface area contributed by atoms with E-state index in [1.807, 2.05) is 16.4 Å². The molecule has 1 fully saturated rings. The van der Waals surface area contributed by atoms with Crippen molar-refractivity contribution >= 4 is 34.8 Å². The standard InChI is InChI=1S/C27H33N3O7S/c1-6-37-25(32)17-9-11-29(12-10-17)22(31)13-18-15-38-27-28-16(2)23(26(33)36-5)24(30(18)27)20-8-7-19(34-3)14-21(20)35-4/h7-8,14-15,17,24H,6,9-13H2,1-5H3/t24-/m0/s1. The number of fused-ring (bicyclic) bond motifs is 1. The predicted molar refractivity (Wildman–Crippen MR) is 143 cm³/mol. The number of amidine groups is 1. The lowest BCUT2D eigenvalue weighted by atomic mass is 9.92. The van der Waals surface area contributed by atoms with Crippen molar-refractivity contribution in [3.63, 3.8) is 0 Å². The van der Waals surface area contributed by atoms with Crippen LogP contribution in [-0.4, -0.2) is 73.8 Å². The molecule has 0 N–H and O–H groups in total. The van der Waals surface area contributed by atoms with Crippen LogP contribution in [0.5, 0.6) is 11.5 Å². The second kappa shape index (κ2) is 11.9. The highest BCUT2D eigenvalue weighted by Gasteiger charge is 2.42. The maximum absolute atomic E-state index is 13.4. The normalized spacial score (nSPS) is 19.4. The summed E-state index contributed by atoms with van der Waals surface area (Å²) in [5.41, 5.74) is 2.36. The molecule has 0 bridgehead atoms. The number of hydrogen-bond acceptors (Lipinski definition) is 10. The number of hydrogen-bond donors (Lipinski definition) is 0. The molecular formula is C27H33N3O7S. The first-order valence-corrected chi connectivity index (χ1v) is 13.4. The van der Waals surface area contributed by atoms with Crippen LogP contribution in [0.25, 0.3) is 0 Å². The predicted octanol–water partition coefficient (Wildman–Crippen LogP) is 3.64. The molecule has 3 heterocycles. The Morgan fingerprint density at radius 3 is 2.47 bits per heavy atom. The molecule has 11 heteroatoms. The van der Waals surface area contributed by atoms with Gasteiger partial charge in [-0.15, -0.1) is 0 Å². The van der Waals surface area contributed by atoms with Crippen molar-refractivity contribution in [2.24, 2.45) is 10.9 Å². The van der Waals surface area contributed by atoms with Crippen molar-refractivity contribution in [2.45, 2.75) is 39.2 Å². The molecule has 3 aliphatic heterocycles. The number of thioether (sulfide) groups is 1. The van der Waals surface area contributed by atoms with E-state index >= 15 is 0 Å². The molecule has 1 amide bonds. The first-order chi connectivity index (χ1) is 18.3. The van der Waals surface area contributed by atoms with Gasteiger partial charge in [0.25, 0.3) is 0 Å². The Balaban J connectivity index is 1.61. The molecule has 1 aromatic rings. The van der Waals surface area contributed by atoms with Gasteiger partial charge < -0.3 is 28.7 Å². The van der Waals surface area contributed by atoms with E-state index in [4.69, 9.17) is 18.9 Å². The number of carbonyl (C=O) groups is 3. The molecule has 0 radical (unpaired) electrons. The minimum Gasteiger partial charge on any atom is -0.497 e. The van der Waals surface area contributed by atoms with Gasteiger partial charge in [-0.2, -0.15) is 0 Å². The third-order valence-electron chi connectivity index (χ3n) is 6.94. The summed E-state index contributed by atoms with van der Waals surface area (Å²) in [5, 5.41) is 2.57. The number of ether oxygens (including phenoxy) is 4. The monoisotopic (exact) mass is 543 g/mol. The molecule has 1 saturated heterocycles. The number of carbonyl (C=O) groups excluding carboxylic acids is 3. The first-order valence-electron chi connectivity index (χ1n) is 12.5. The quantitative estimate of drug-likeness (QED) is 0.454. The number of benzene rings is 1. The van der Waals surface area contributed by atoms with Gasteiger partial charge in [0.1, 0.15) is 11.5 Å². The van der Waals surface area contributed by atoms with Crippen LogP contribution in [0.1, 0.15) is 44.7 Å². The van der Waals surface area contributed by atoms with E-state index in [9.17, 15) is 14.4 Å². The van der Waals surface area contributed by atoms with Gasteiger partial charge in [0.05, 0.1) is 57.6 Å². The number of nitrogens with zero attached hydrogens (tertiary/aromatic N) is 3. The van der Waals surface area contributed by atoms with Crippen LogP contribution in [0, 0.1) is 5.92 Å².